The van der Waals surface area contributed by atoms with Gasteiger partial charge in [-0.25, -0.2) is 0 Å². The van der Waals surface area contributed by atoms with Gasteiger partial charge in [0.1, 0.15) is 0 Å². The second kappa shape index (κ2) is 3.40. The lowest BCUT2D eigenvalue weighted by molar-refractivity contribution is 0.199. The second-order valence-corrected chi connectivity index (χ2v) is 6.02. The molecule has 2 fully saturated rings. The van der Waals surface area contributed by atoms with Gasteiger partial charge in [-0.2, -0.15) is 0 Å². The molecule has 0 saturated heterocycles. The molecule has 0 amide bonds. The standard InChI is InChI=1S/C14H24/c1-5-7-10-11-9-14(3,4)12(8-6-2)13(10)11/h6,10-13H,2,5,7-9H2,1,3-4H3. The first-order valence-corrected chi connectivity index (χ1v) is 6.22. The average Bonchev–Trinajstić information content (AvgIpc) is 2.65. The molecule has 2 aliphatic carbocycles. The summed E-state index contributed by atoms with van der Waals surface area (Å²) < 4.78 is 0. The third-order valence-electron chi connectivity index (χ3n) is 4.67. The Kier molecular flexibility index (Phi) is 2.49. The van der Waals surface area contributed by atoms with Gasteiger partial charge >= 0.3 is 0 Å². The van der Waals surface area contributed by atoms with Crippen molar-refractivity contribution >= 4 is 0 Å². The zero-order chi connectivity index (χ0) is 10.3. The largest absolute Gasteiger partial charge is 0.103 e. The summed E-state index contributed by atoms with van der Waals surface area (Å²) in [6.45, 7) is 11.1. The molecule has 0 aromatic carbocycles. The van der Waals surface area contributed by atoms with E-state index in [0.29, 0.717) is 5.41 Å². The Labute approximate surface area is 88.8 Å². The predicted molar refractivity (Wildman–Crippen MR) is 62.1 cm³/mol. The first kappa shape index (κ1) is 10.3. The molecule has 0 spiro atoms. The maximum absolute atomic E-state index is 3.91. The molecule has 4 atom stereocenters. The fraction of sp³-hybridized carbons (Fsp3) is 0.857. The highest BCUT2D eigenvalue weighted by atomic mass is 14.7. The molecule has 2 saturated carbocycles. The third-order valence-corrected chi connectivity index (χ3v) is 4.67. The molecule has 0 aromatic heterocycles. The summed E-state index contributed by atoms with van der Waals surface area (Å²) in [7, 11) is 0. The van der Waals surface area contributed by atoms with Crippen molar-refractivity contribution in [2.24, 2.45) is 29.1 Å². The number of hydrogen-bond acceptors (Lipinski definition) is 0. The van der Waals surface area contributed by atoms with Gasteiger partial charge in [0, 0.05) is 0 Å². The van der Waals surface area contributed by atoms with E-state index >= 15 is 0 Å². The normalized spacial score (nSPS) is 43.4. The van der Waals surface area contributed by atoms with E-state index in [9.17, 15) is 0 Å². The van der Waals surface area contributed by atoms with Crippen LogP contribution in [0.5, 0.6) is 0 Å². The van der Waals surface area contributed by atoms with Crippen LogP contribution in [0.25, 0.3) is 0 Å². The lowest BCUT2D eigenvalue weighted by Gasteiger charge is -2.30. The topological polar surface area (TPSA) is 0 Å². The van der Waals surface area contributed by atoms with Crippen molar-refractivity contribution in [1.82, 2.24) is 0 Å². The van der Waals surface area contributed by atoms with E-state index in [1.165, 1.54) is 25.7 Å². The van der Waals surface area contributed by atoms with E-state index in [1.54, 1.807) is 0 Å². The summed E-state index contributed by atoms with van der Waals surface area (Å²) >= 11 is 0. The summed E-state index contributed by atoms with van der Waals surface area (Å²) in [6, 6.07) is 0. The van der Waals surface area contributed by atoms with Crippen molar-refractivity contribution in [2.45, 2.75) is 46.5 Å². The zero-order valence-electron chi connectivity index (χ0n) is 9.92. The van der Waals surface area contributed by atoms with E-state index in [0.717, 1.165) is 23.7 Å². The van der Waals surface area contributed by atoms with Crippen molar-refractivity contribution < 1.29 is 0 Å². The van der Waals surface area contributed by atoms with Crippen LogP contribution in [-0.4, -0.2) is 0 Å². The Morgan fingerprint density at radius 2 is 2.14 bits per heavy atom. The molecule has 0 heterocycles. The quantitative estimate of drug-likeness (QED) is 0.583. The maximum Gasteiger partial charge on any atom is -0.0294 e. The summed E-state index contributed by atoms with van der Waals surface area (Å²) in [5.41, 5.74) is 0.591. The van der Waals surface area contributed by atoms with Gasteiger partial charge in [-0.05, 0) is 41.9 Å². The molecule has 14 heavy (non-hydrogen) atoms. The van der Waals surface area contributed by atoms with Crippen molar-refractivity contribution in [2.75, 3.05) is 0 Å². The fourth-order valence-corrected chi connectivity index (χ4v) is 4.03. The van der Waals surface area contributed by atoms with E-state index in [2.05, 4.69) is 33.4 Å². The highest BCUT2D eigenvalue weighted by Crippen LogP contribution is 2.69. The summed E-state index contributed by atoms with van der Waals surface area (Å²) in [6.07, 6.45) is 7.70. The molecule has 80 valence electrons. The van der Waals surface area contributed by atoms with Crippen LogP contribution >= 0.6 is 0 Å². The maximum atomic E-state index is 3.91. The van der Waals surface area contributed by atoms with E-state index in [4.69, 9.17) is 0 Å². The monoisotopic (exact) mass is 192 g/mol. The average molecular weight is 192 g/mol. The molecule has 0 bridgehead atoms. The van der Waals surface area contributed by atoms with E-state index < -0.39 is 0 Å². The van der Waals surface area contributed by atoms with Crippen LogP contribution in [0.2, 0.25) is 0 Å². The smallest absolute Gasteiger partial charge is 0.0294 e. The lowest BCUT2D eigenvalue weighted by Crippen LogP contribution is -2.22. The van der Waals surface area contributed by atoms with Gasteiger partial charge in [0.15, 0.2) is 0 Å². The number of allylic oxidation sites excluding steroid dienone is 1. The van der Waals surface area contributed by atoms with Crippen LogP contribution in [0.3, 0.4) is 0 Å². The lowest BCUT2D eigenvalue weighted by atomic mass is 9.74. The fourth-order valence-electron chi connectivity index (χ4n) is 4.03. The van der Waals surface area contributed by atoms with Crippen LogP contribution in [-0.2, 0) is 0 Å². The predicted octanol–water partition coefficient (Wildman–Crippen LogP) is 4.27. The number of fused-ring (bicyclic) bond motifs is 1. The van der Waals surface area contributed by atoms with Crippen LogP contribution in [0, 0.1) is 29.1 Å². The van der Waals surface area contributed by atoms with Gasteiger partial charge in [0.05, 0.1) is 0 Å². The Bertz CT molecular complexity index is 226. The van der Waals surface area contributed by atoms with E-state index in [-0.39, 0.29) is 0 Å². The number of hydrogen-bond donors (Lipinski definition) is 0. The minimum atomic E-state index is 0.591. The van der Waals surface area contributed by atoms with Gasteiger partial charge in [-0.15, -0.1) is 6.58 Å². The Morgan fingerprint density at radius 1 is 1.43 bits per heavy atom. The van der Waals surface area contributed by atoms with E-state index in [1.807, 2.05) is 0 Å². The molecule has 0 heteroatoms. The highest BCUT2D eigenvalue weighted by Gasteiger charge is 2.62. The molecule has 2 rings (SSSR count). The minimum absolute atomic E-state index is 0.591. The molecule has 4 unspecified atom stereocenters. The minimum Gasteiger partial charge on any atom is -0.103 e. The van der Waals surface area contributed by atoms with Crippen LogP contribution in [0.1, 0.15) is 46.5 Å². The van der Waals surface area contributed by atoms with Gasteiger partial charge in [-0.3, -0.25) is 0 Å². The number of rotatable bonds is 4. The van der Waals surface area contributed by atoms with Crippen LogP contribution in [0.15, 0.2) is 12.7 Å². The SMILES string of the molecule is C=CCC1C2C(CCC)C2CC1(C)C. The first-order valence-electron chi connectivity index (χ1n) is 6.22. The van der Waals surface area contributed by atoms with Crippen molar-refractivity contribution in [3.05, 3.63) is 12.7 Å². The highest BCUT2D eigenvalue weighted by molar-refractivity contribution is 5.12. The van der Waals surface area contributed by atoms with Crippen molar-refractivity contribution in [1.29, 1.82) is 0 Å². The molecular formula is C14H24. The Hall–Kier alpha value is -0.260. The Balaban J connectivity index is 2.01. The van der Waals surface area contributed by atoms with Crippen molar-refractivity contribution in [3.63, 3.8) is 0 Å². The molecule has 0 nitrogen and oxygen atoms in total. The van der Waals surface area contributed by atoms with Crippen LogP contribution < -0.4 is 0 Å². The molecule has 0 aliphatic heterocycles. The van der Waals surface area contributed by atoms with Crippen LogP contribution in [0.4, 0.5) is 0 Å². The summed E-state index contributed by atoms with van der Waals surface area (Å²) in [5.74, 6) is 4.15. The Morgan fingerprint density at radius 3 is 2.71 bits per heavy atom. The van der Waals surface area contributed by atoms with Crippen molar-refractivity contribution in [3.8, 4) is 0 Å². The third kappa shape index (κ3) is 1.43. The van der Waals surface area contributed by atoms with Gasteiger partial charge in [0.25, 0.3) is 0 Å². The second-order valence-electron chi connectivity index (χ2n) is 6.02. The summed E-state index contributed by atoms with van der Waals surface area (Å²) in [5, 5.41) is 0. The zero-order valence-corrected chi connectivity index (χ0v) is 9.92. The molecular weight excluding hydrogens is 168 g/mol. The first-order chi connectivity index (χ1) is 6.61. The molecule has 0 N–H and O–H groups in total. The molecule has 0 radical (unpaired) electrons. The van der Waals surface area contributed by atoms with Gasteiger partial charge in [-0.1, -0.05) is 39.7 Å². The molecule has 0 aromatic rings. The van der Waals surface area contributed by atoms with Gasteiger partial charge in [0.2, 0.25) is 0 Å². The molecule has 2 aliphatic rings. The summed E-state index contributed by atoms with van der Waals surface area (Å²) in [4.78, 5) is 0. The van der Waals surface area contributed by atoms with Gasteiger partial charge < -0.3 is 0 Å².